The van der Waals surface area contributed by atoms with Gasteiger partial charge in [0.1, 0.15) is 12.1 Å². The van der Waals surface area contributed by atoms with Crippen LogP contribution in [0, 0.1) is 56.7 Å². The van der Waals surface area contributed by atoms with Crippen LogP contribution >= 0.6 is 0 Å². The number of esters is 1. The first-order chi connectivity index (χ1) is 18.1. The van der Waals surface area contributed by atoms with E-state index in [0.717, 1.165) is 57.8 Å². The molecule has 5 aliphatic rings. The molecular weight excluding hydrogens is 490 g/mol. The molecule has 0 aromatic carbocycles. The van der Waals surface area contributed by atoms with Crippen molar-refractivity contribution in [1.82, 2.24) is 0 Å². The van der Waals surface area contributed by atoms with E-state index in [9.17, 15) is 19.8 Å². The lowest BCUT2D eigenvalue weighted by atomic mass is 9.33. The summed E-state index contributed by atoms with van der Waals surface area (Å²) >= 11 is 0. The Hall–Kier alpha value is -1.40. The molecule has 220 valence electrons. The van der Waals surface area contributed by atoms with Gasteiger partial charge in [-0.3, -0.25) is 9.59 Å². The van der Waals surface area contributed by atoms with Gasteiger partial charge in [0.15, 0.2) is 0 Å². The van der Waals surface area contributed by atoms with E-state index in [1.54, 1.807) is 0 Å². The molecule has 6 nitrogen and oxygen atoms in total. The summed E-state index contributed by atoms with van der Waals surface area (Å²) in [5, 5.41) is 20.0. The number of aliphatic hydroxyl groups excluding tert-OH is 1. The lowest BCUT2D eigenvalue weighted by molar-refractivity contribution is -0.215. The quantitative estimate of drug-likeness (QED) is 0.298. The Morgan fingerprint density at radius 1 is 1.00 bits per heavy atom. The van der Waals surface area contributed by atoms with E-state index in [-0.39, 0.29) is 33.7 Å². The number of rotatable bonds is 4. The summed E-state index contributed by atoms with van der Waals surface area (Å²) in [6.45, 7) is 16.3. The molecule has 4 fully saturated rings. The molecule has 0 radical (unpaired) electrons. The summed E-state index contributed by atoms with van der Waals surface area (Å²) < 4.78 is 5.94. The minimum Gasteiger partial charge on any atom is -0.481 e. The maximum atomic E-state index is 12.9. The molecule has 0 amide bonds. The van der Waals surface area contributed by atoms with Crippen LogP contribution in [0.15, 0.2) is 11.6 Å². The van der Waals surface area contributed by atoms with Gasteiger partial charge in [0.05, 0.1) is 12.0 Å². The van der Waals surface area contributed by atoms with Gasteiger partial charge in [-0.1, -0.05) is 60.1 Å². The highest BCUT2D eigenvalue weighted by Crippen LogP contribution is 2.75. The van der Waals surface area contributed by atoms with Gasteiger partial charge in [0.2, 0.25) is 0 Å². The Kier molecular flexibility index (Phi) is 6.94. The maximum absolute atomic E-state index is 12.9. The van der Waals surface area contributed by atoms with Gasteiger partial charge in [0.25, 0.3) is 0 Å². The number of carbonyl (C=O) groups is 2. The average molecular weight is 544 g/mol. The Morgan fingerprint density at radius 3 is 2.33 bits per heavy atom. The molecule has 4 N–H and O–H groups in total. The number of hydrogen-bond acceptors (Lipinski definition) is 5. The van der Waals surface area contributed by atoms with Crippen LogP contribution in [0.2, 0.25) is 0 Å². The van der Waals surface area contributed by atoms with Gasteiger partial charge in [-0.25, -0.2) is 0 Å². The lowest BCUT2D eigenvalue weighted by Crippen LogP contribution is -2.65. The highest BCUT2D eigenvalue weighted by atomic mass is 16.5. The topological polar surface area (TPSA) is 110 Å². The lowest BCUT2D eigenvalue weighted by Gasteiger charge is -2.71. The molecule has 0 spiro atoms. The molecule has 0 aromatic rings. The molecule has 0 heterocycles. The highest BCUT2D eigenvalue weighted by molar-refractivity contribution is 5.77. The second-order valence-corrected chi connectivity index (χ2v) is 15.7. The molecule has 11 atom stereocenters. The van der Waals surface area contributed by atoms with Crippen molar-refractivity contribution in [2.45, 2.75) is 118 Å². The maximum Gasteiger partial charge on any atom is 0.325 e. The molecule has 0 aliphatic heterocycles. The van der Waals surface area contributed by atoms with Gasteiger partial charge in [-0.15, -0.1) is 0 Å². The highest BCUT2D eigenvalue weighted by Gasteiger charge is 2.69. The minimum absolute atomic E-state index is 0.000186. The summed E-state index contributed by atoms with van der Waals surface area (Å²) in [4.78, 5) is 25.4. The van der Waals surface area contributed by atoms with Gasteiger partial charge in [-0.05, 0) is 104 Å². The zero-order chi connectivity index (χ0) is 28.8. The fourth-order valence-electron chi connectivity index (χ4n) is 11.3. The number of carbonyl (C=O) groups excluding carboxylic acids is 1. The second-order valence-electron chi connectivity index (χ2n) is 15.7. The van der Waals surface area contributed by atoms with Gasteiger partial charge in [0, 0.05) is 5.41 Å². The number of carboxylic acid groups (broad SMARTS) is 1. The van der Waals surface area contributed by atoms with Crippen LogP contribution in [0.1, 0.15) is 106 Å². The van der Waals surface area contributed by atoms with Crippen LogP contribution in [0.25, 0.3) is 0 Å². The fourth-order valence-corrected chi connectivity index (χ4v) is 11.3. The van der Waals surface area contributed by atoms with Gasteiger partial charge >= 0.3 is 11.9 Å². The smallest absolute Gasteiger partial charge is 0.325 e. The summed E-state index contributed by atoms with van der Waals surface area (Å²) in [6, 6.07) is -0.986. The molecule has 6 heteroatoms. The Balaban J connectivity index is 1.51. The van der Waals surface area contributed by atoms with Crippen LogP contribution < -0.4 is 5.73 Å². The summed E-state index contributed by atoms with van der Waals surface area (Å²) in [7, 11) is 0. The predicted octanol–water partition coefficient (Wildman–Crippen LogP) is 5.96. The number of hydrogen-bond donors (Lipinski definition) is 3. The van der Waals surface area contributed by atoms with Crippen LogP contribution in [0.4, 0.5) is 0 Å². The third kappa shape index (κ3) is 3.78. The molecule has 0 aromatic heterocycles. The number of fused-ring (bicyclic) bond motifs is 7. The molecule has 5 aliphatic carbocycles. The van der Waals surface area contributed by atoms with Crippen molar-refractivity contribution in [2.24, 2.45) is 62.4 Å². The number of ether oxygens (including phenoxy) is 1. The van der Waals surface area contributed by atoms with Crippen molar-refractivity contribution < 1.29 is 24.5 Å². The van der Waals surface area contributed by atoms with Crippen molar-refractivity contribution in [3.8, 4) is 0 Å². The van der Waals surface area contributed by atoms with E-state index >= 15 is 0 Å². The Morgan fingerprint density at radius 2 is 1.69 bits per heavy atom. The molecule has 39 heavy (non-hydrogen) atoms. The van der Waals surface area contributed by atoms with Crippen molar-refractivity contribution >= 4 is 11.9 Å². The van der Waals surface area contributed by atoms with Gasteiger partial charge in [-0.2, -0.15) is 0 Å². The van der Waals surface area contributed by atoms with Gasteiger partial charge < -0.3 is 20.7 Å². The molecule has 4 saturated carbocycles. The van der Waals surface area contributed by atoms with Crippen LogP contribution in [-0.4, -0.2) is 40.9 Å². The number of aliphatic hydroxyl groups is 1. The van der Waals surface area contributed by atoms with Crippen molar-refractivity contribution in [3.05, 3.63) is 11.6 Å². The molecular formula is C33H53NO5. The molecule has 0 unspecified atom stereocenters. The van der Waals surface area contributed by atoms with Crippen LogP contribution in [-0.2, 0) is 14.3 Å². The average Bonchev–Trinajstić information content (AvgIpc) is 2.87. The first kappa shape index (κ1) is 29.1. The van der Waals surface area contributed by atoms with E-state index < -0.39 is 30.0 Å². The Bertz CT molecular complexity index is 1050. The summed E-state index contributed by atoms with van der Waals surface area (Å²) in [5.41, 5.74) is 6.66. The standard InChI is InChI=1S/C33H53NO5/c1-19-10-15-33(28(37)38)17-16-31(6)21(26(33)20(19)2)8-9-24-30(5)13-12-25(39-27(36)22(34)18-35)29(3,4)23(30)11-14-32(24,31)7/h8,19-20,22-26,35H,9-18,34H2,1-7H3,(H,37,38)/t19-,20+,22+,23+,24-,25+,26+,30+,31-,32-,33+/m1/s1. The Labute approximate surface area is 235 Å². The number of allylic oxidation sites excluding steroid dienone is 2. The van der Waals surface area contributed by atoms with Crippen molar-refractivity contribution in [1.29, 1.82) is 0 Å². The largest absolute Gasteiger partial charge is 0.481 e. The monoisotopic (exact) mass is 543 g/mol. The van der Waals surface area contributed by atoms with Crippen LogP contribution in [0.5, 0.6) is 0 Å². The normalized spacial score (nSPS) is 49.3. The fraction of sp³-hybridized carbons (Fsp3) is 0.879. The zero-order valence-corrected chi connectivity index (χ0v) is 25.4. The minimum atomic E-state index is -0.986. The van der Waals surface area contributed by atoms with E-state index in [2.05, 4.69) is 54.5 Å². The van der Waals surface area contributed by atoms with Crippen molar-refractivity contribution in [3.63, 3.8) is 0 Å². The van der Waals surface area contributed by atoms with Crippen molar-refractivity contribution in [2.75, 3.05) is 6.61 Å². The number of nitrogens with two attached hydrogens (primary N) is 1. The molecule has 0 saturated heterocycles. The third-order valence-corrected chi connectivity index (χ3v) is 14.1. The van der Waals surface area contributed by atoms with E-state index in [1.165, 1.54) is 5.57 Å². The predicted molar refractivity (Wildman–Crippen MR) is 152 cm³/mol. The number of aliphatic carboxylic acids is 1. The molecule has 5 rings (SSSR count). The SMILES string of the molecule is C[C@H]1[C@H](C)CC[C@]2(C(=O)O)CC[C@]3(C)C(=CC[C@@H]4[C@@]5(C)CC[C@H](OC(=O)[C@@H](N)CO)C(C)(C)[C@@H]5CC[C@]43C)[C@H]12. The summed E-state index contributed by atoms with van der Waals surface area (Å²) in [6.07, 6.45) is 10.9. The van der Waals surface area contributed by atoms with Crippen LogP contribution in [0.3, 0.4) is 0 Å². The first-order valence-corrected chi connectivity index (χ1v) is 15.6. The first-order valence-electron chi connectivity index (χ1n) is 15.6. The van der Waals surface area contributed by atoms with E-state index in [4.69, 9.17) is 10.5 Å². The zero-order valence-electron chi connectivity index (χ0n) is 25.4. The van der Waals surface area contributed by atoms with E-state index in [0.29, 0.717) is 23.7 Å². The third-order valence-electron chi connectivity index (χ3n) is 14.1. The van der Waals surface area contributed by atoms with E-state index in [1.807, 2.05) is 0 Å². The second kappa shape index (κ2) is 9.31. The number of carboxylic acids is 1. The summed E-state index contributed by atoms with van der Waals surface area (Å²) in [5.74, 6) is 0.883. The molecule has 0 bridgehead atoms.